The number of nitrogens with one attached hydrogen (secondary N) is 1. The van der Waals surface area contributed by atoms with Gasteiger partial charge in [0, 0.05) is 6.42 Å². The summed E-state index contributed by atoms with van der Waals surface area (Å²) in [6, 6.07) is -0.730. The first-order chi connectivity index (χ1) is 31.0. The minimum absolute atomic E-state index is 0.0217. The monoisotopic (exact) mass is 878 g/mol. The third kappa shape index (κ3) is 45.4. The van der Waals surface area contributed by atoms with E-state index in [0.29, 0.717) is 19.3 Å². The van der Waals surface area contributed by atoms with Crippen molar-refractivity contribution in [3.05, 3.63) is 85.1 Å². The molecule has 0 aromatic carbocycles. The molecule has 3 unspecified atom stereocenters. The zero-order valence-electron chi connectivity index (χ0n) is 41.2. The van der Waals surface area contributed by atoms with Crippen LogP contribution in [0.3, 0.4) is 0 Å². The number of hydrogen-bond donors (Lipinski definition) is 3. The van der Waals surface area contributed by atoms with Gasteiger partial charge in [-0.1, -0.05) is 247 Å². The van der Waals surface area contributed by atoms with Crippen molar-refractivity contribution in [3.8, 4) is 0 Å². The fourth-order valence-electron chi connectivity index (χ4n) is 7.64. The zero-order chi connectivity index (χ0) is 45.9. The maximum Gasteiger partial charge on any atom is 0.306 e. The second kappa shape index (κ2) is 50.0. The van der Waals surface area contributed by atoms with Gasteiger partial charge in [-0.3, -0.25) is 9.59 Å². The Morgan fingerprint density at radius 3 is 1.38 bits per heavy atom. The van der Waals surface area contributed by atoms with Gasteiger partial charge in [0.25, 0.3) is 0 Å². The molecule has 6 heteroatoms. The Hall–Kier alpha value is -2.96. The second-order valence-electron chi connectivity index (χ2n) is 17.7. The molecule has 1 amide bonds. The fraction of sp³-hybridized carbons (Fsp3) is 0.719. The molecule has 0 fully saturated rings. The van der Waals surface area contributed by atoms with Crippen LogP contribution in [0.1, 0.15) is 239 Å². The van der Waals surface area contributed by atoms with Crippen molar-refractivity contribution >= 4 is 11.9 Å². The van der Waals surface area contributed by atoms with Crippen LogP contribution in [0.4, 0.5) is 0 Å². The first-order valence-electron chi connectivity index (χ1n) is 26.4. The number of aliphatic hydroxyl groups is 2. The van der Waals surface area contributed by atoms with Crippen molar-refractivity contribution < 1.29 is 24.5 Å². The van der Waals surface area contributed by atoms with Gasteiger partial charge < -0.3 is 20.3 Å². The number of carbonyl (C=O) groups excluding carboxylic acids is 2. The smallest absolute Gasteiger partial charge is 0.306 e. The van der Waals surface area contributed by atoms with Gasteiger partial charge in [0.2, 0.25) is 5.91 Å². The molecule has 3 atom stereocenters. The molecule has 0 aromatic heterocycles. The molecule has 63 heavy (non-hydrogen) atoms. The molecule has 0 bridgehead atoms. The van der Waals surface area contributed by atoms with Crippen LogP contribution >= 0.6 is 0 Å². The maximum absolute atomic E-state index is 13.2. The largest absolute Gasteiger partial charge is 0.462 e. The van der Waals surface area contributed by atoms with Gasteiger partial charge in [0.1, 0.15) is 6.10 Å². The lowest BCUT2D eigenvalue weighted by Gasteiger charge is -2.24. The first-order valence-corrected chi connectivity index (χ1v) is 26.4. The zero-order valence-corrected chi connectivity index (χ0v) is 41.2. The lowest BCUT2D eigenvalue weighted by atomic mass is 10.0. The van der Waals surface area contributed by atoms with Crippen LogP contribution in [-0.4, -0.2) is 46.9 Å². The van der Waals surface area contributed by atoms with E-state index in [4.69, 9.17) is 4.74 Å². The highest BCUT2D eigenvalue weighted by molar-refractivity contribution is 5.77. The number of hydrogen-bond acceptors (Lipinski definition) is 5. The molecule has 0 aromatic rings. The summed E-state index contributed by atoms with van der Waals surface area (Å²) < 4.78 is 5.90. The van der Waals surface area contributed by atoms with E-state index in [9.17, 15) is 19.8 Å². The third-order valence-electron chi connectivity index (χ3n) is 11.6. The first kappa shape index (κ1) is 60.0. The van der Waals surface area contributed by atoms with Gasteiger partial charge >= 0.3 is 5.97 Å². The molecule has 3 N–H and O–H groups in total. The van der Waals surface area contributed by atoms with E-state index in [2.05, 4.69) is 50.4 Å². The highest BCUT2D eigenvalue weighted by atomic mass is 16.5. The van der Waals surface area contributed by atoms with E-state index in [1.807, 2.05) is 60.8 Å². The molecule has 0 rings (SSSR count). The van der Waals surface area contributed by atoms with Crippen molar-refractivity contribution in [1.82, 2.24) is 5.32 Å². The normalized spacial score (nSPS) is 13.9. The van der Waals surface area contributed by atoms with E-state index in [-0.39, 0.29) is 24.9 Å². The number of carbonyl (C=O) groups is 2. The molecule has 0 saturated carbocycles. The number of rotatable bonds is 46. The Morgan fingerprint density at radius 1 is 0.476 bits per heavy atom. The van der Waals surface area contributed by atoms with E-state index in [0.717, 1.165) is 57.8 Å². The van der Waals surface area contributed by atoms with Crippen molar-refractivity contribution in [2.24, 2.45) is 0 Å². The van der Waals surface area contributed by atoms with Crippen molar-refractivity contribution in [2.75, 3.05) is 6.61 Å². The minimum Gasteiger partial charge on any atom is -0.462 e. The Labute approximate surface area is 389 Å². The molecule has 0 radical (unpaired) electrons. The molecule has 0 heterocycles. The predicted molar refractivity (Wildman–Crippen MR) is 273 cm³/mol. The van der Waals surface area contributed by atoms with Crippen LogP contribution in [0.2, 0.25) is 0 Å². The van der Waals surface area contributed by atoms with Gasteiger partial charge in [0.05, 0.1) is 25.2 Å². The predicted octanol–water partition coefficient (Wildman–Crippen LogP) is 16.0. The lowest BCUT2D eigenvalue weighted by molar-refractivity contribution is -0.151. The summed E-state index contributed by atoms with van der Waals surface area (Å²) >= 11 is 0. The molecular formula is C57H99NO5. The van der Waals surface area contributed by atoms with Crippen LogP contribution in [0.25, 0.3) is 0 Å². The topological polar surface area (TPSA) is 95.9 Å². The quantitative estimate of drug-likeness (QED) is 0.0245. The summed E-state index contributed by atoms with van der Waals surface area (Å²) in [4.78, 5) is 26.2. The van der Waals surface area contributed by atoms with Gasteiger partial charge in [-0.05, 0) is 64.2 Å². The minimum atomic E-state index is -0.812. The highest BCUT2D eigenvalue weighted by Crippen LogP contribution is 2.17. The van der Waals surface area contributed by atoms with Gasteiger partial charge in [-0.2, -0.15) is 0 Å². The van der Waals surface area contributed by atoms with E-state index >= 15 is 0 Å². The summed E-state index contributed by atoms with van der Waals surface area (Å²) in [6.07, 6.45) is 65.0. The molecule has 0 aliphatic carbocycles. The number of unbranched alkanes of at least 4 members (excludes halogenated alkanes) is 25. The SMILES string of the molecule is CC\C=C/C=C/C=C/C=C\C=C\C=C\CCCC(CC(=O)NC(CO)C(O)CCCCCCCCCCCCCCCC)OC(=O)CCCCCCCCC/C=C\CCCCCC. The number of allylic oxidation sites excluding steroid dienone is 14. The summed E-state index contributed by atoms with van der Waals surface area (Å²) in [6.45, 7) is 6.31. The van der Waals surface area contributed by atoms with Crippen LogP contribution < -0.4 is 5.32 Å². The van der Waals surface area contributed by atoms with Crippen LogP contribution in [0.5, 0.6) is 0 Å². The highest BCUT2D eigenvalue weighted by Gasteiger charge is 2.24. The van der Waals surface area contributed by atoms with Crippen molar-refractivity contribution in [3.63, 3.8) is 0 Å². The summed E-state index contributed by atoms with van der Waals surface area (Å²) in [5, 5.41) is 23.8. The van der Waals surface area contributed by atoms with Crippen molar-refractivity contribution in [2.45, 2.75) is 257 Å². The molecule has 0 aliphatic heterocycles. The Morgan fingerprint density at radius 2 is 0.889 bits per heavy atom. The van der Waals surface area contributed by atoms with Gasteiger partial charge in [0.15, 0.2) is 0 Å². The van der Waals surface area contributed by atoms with Crippen LogP contribution in [0, 0.1) is 0 Å². The number of ether oxygens (including phenoxy) is 1. The number of esters is 1. The Balaban J connectivity index is 4.72. The second-order valence-corrected chi connectivity index (χ2v) is 17.7. The maximum atomic E-state index is 13.2. The number of amides is 1. The average Bonchev–Trinajstić information content (AvgIpc) is 3.28. The average molecular weight is 878 g/mol. The molecular weight excluding hydrogens is 779 g/mol. The molecule has 0 spiro atoms. The summed E-state index contributed by atoms with van der Waals surface area (Å²) in [7, 11) is 0. The Kier molecular flexibility index (Phi) is 47.7. The third-order valence-corrected chi connectivity index (χ3v) is 11.6. The molecule has 0 saturated heterocycles. The van der Waals surface area contributed by atoms with Gasteiger partial charge in [-0.25, -0.2) is 0 Å². The number of aliphatic hydroxyl groups excluding tert-OH is 2. The molecule has 362 valence electrons. The molecule has 6 nitrogen and oxygen atoms in total. The molecule has 0 aliphatic rings. The summed E-state index contributed by atoms with van der Waals surface area (Å²) in [5.74, 6) is -0.556. The lowest BCUT2D eigenvalue weighted by Crippen LogP contribution is -2.46. The van der Waals surface area contributed by atoms with Crippen LogP contribution in [0.15, 0.2) is 85.1 Å². The van der Waals surface area contributed by atoms with E-state index < -0.39 is 18.2 Å². The van der Waals surface area contributed by atoms with Crippen LogP contribution in [-0.2, 0) is 14.3 Å². The van der Waals surface area contributed by atoms with E-state index in [1.165, 1.54) is 135 Å². The Bertz CT molecular complexity index is 1210. The fourth-order valence-corrected chi connectivity index (χ4v) is 7.64. The van der Waals surface area contributed by atoms with Gasteiger partial charge in [-0.15, -0.1) is 0 Å². The standard InChI is InChI=1S/C57H99NO5/c1-4-7-10-13-16-19-22-25-28-30-33-36-39-42-45-48-53(63-57(62)50-47-44-41-38-35-32-29-26-23-20-17-14-11-8-5-2)51-56(61)58-54(52-59)55(60)49-46-43-40-37-34-31-27-24-21-18-15-12-9-6-3/h7,10,13,16,19-20,22-23,25,28,30,33,36,39,53-55,59-60H,4-6,8-9,11-12,14-15,17-18,21,24,26-27,29,31-32,34-35,37-38,40-52H2,1-3H3,(H,58,61)/b10-7-,16-13+,22-19+,23-20-,28-25-,33-30+,39-36+. The summed E-state index contributed by atoms with van der Waals surface area (Å²) in [5.41, 5.74) is 0. The van der Waals surface area contributed by atoms with E-state index in [1.54, 1.807) is 0 Å². The van der Waals surface area contributed by atoms with Crippen molar-refractivity contribution in [1.29, 1.82) is 0 Å².